The molecule has 0 radical (unpaired) electrons. The van der Waals surface area contributed by atoms with Crippen LogP contribution in [0.25, 0.3) is 0 Å². The third-order valence-electron chi connectivity index (χ3n) is 3.39. The molecule has 0 unspecified atom stereocenters. The largest absolute Gasteiger partial charge is 0.378 e. The monoisotopic (exact) mass is 356 g/mol. The average molecular weight is 357 g/mol. The molecule has 1 aliphatic heterocycles. The van der Waals surface area contributed by atoms with Crippen LogP contribution in [0.2, 0.25) is 0 Å². The van der Waals surface area contributed by atoms with Gasteiger partial charge < -0.3 is 15.0 Å². The highest BCUT2D eigenvalue weighted by Gasteiger charge is 2.25. The summed E-state index contributed by atoms with van der Waals surface area (Å²) in [5.74, 6) is 1.68. The van der Waals surface area contributed by atoms with Crippen LogP contribution in [0.4, 0.5) is 11.8 Å². The number of nitrogens with one attached hydrogen (secondary N) is 1. The first kappa shape index (κ1) is 16.5. The fraction of sp³-hybridized carbons (Fsp3) is 0.733. The van der Waals surface area contributed by atoms with E-state index in [1.807, 2.05) is 0 Å². The molecule has 0 spiro atoms. The van der Waals surface area contributed by atoms with E-state index in [9.17, 15) is 0 Å². The van der Waals surface area contributed by atoms with Gasteiger partial charge in [0.2, 0.25) is 5.95 Å². The zero-order valence-corrected chi connectivity index (χ0v) is 15.0. The maximum atomic E-state index is 5.42. The number of rotatable bonds is 4. The fourth-order valence-corrected chi connectivity index (χ4v) is 3.11. The molecular weight excluding hydrogens is 332 g/mol. The summed E-state index contributed by atoms with van der Waals surface area (Å²) in [5.41, 5.74) is 1.00. The van der Waals surface area contributed by atoms with E-state index in [2.05, 4.69) is 53.8 Å². The maximum Gasteiger partial charge on any atom is 0.227 e. The predicted molar refractivity (Wildman–Crippen MR) is 90.2 cm³/mol. The Morgan fingerprint density at radius 1 is 1.24 bits per heavy atom. The van der Waals surface area contributed by atoms with Crippen molar-refractivity contribution in [3.8, 4) is 0 Å². The van der Waals surface area contributed by atoms with Gasteiger partial charge in [0.05, 0.1) is 23.4 Å². The summed E-state index contributed by atoms with van der Waals surface area (Å²) in [5, 5.41) is 3.40. The minimum absolute atomic E-state index is 0.0363. The van der Waals surface area contributed by atoms with E-state index >= 15 is 0 Å². The minimum Gasteiger partial charge on any atom is -0.378 e. The molecular formula is C15H25BrN4O. The molecule has 1 N–H and O–H groups in total. The molecule has 5 nitrogen and oxygen atoms in total. The Balaban J connectivity index is 2.39. The summed E-state index contributed by atoms with van der Waals surface area (Å²) in [7, 11) is 0. The third-order valence-corrected chi connectivity index (χ3v) is 4.14. The van der Waals surface area contributed by atoms with Crippen molar-refractivity contribution in [1.82, 2.24) is 9.97 Å². The Morgan fingerprint density at radius 2 is 1.90 bits per heavy atom. The van der Waals surface area contributed by atoms with Crippen LogP contribution in [0.3, 0.4) is 0 Å². The molecule has 1 aromatic rings. The van der Waals surface area contributed by atoms with Gasteiger partial charge in [-0.05, 0) is 22.4 Å². The molecule has 2 rings (SSSR count). The zero-order chi connectivity index (χ0) is 15.5. The Morgan fingerprint density at radius 3 is 2.48 bits per heavy atom. The molecule has 6 heteroatoms. The molecule has 0 atom stereocenters. The summed E-state index contributed by atoms with van der Waals surface area (Å²) >= 11 is 3.67. The second-order valence-corrected chi connectivity index (χ2v) is 7.10. The van der Waals surface area contributed by atoms with Gasteiger partial charge in [0.1, 0.15) is 5.82 Å². The van der Waals surface area contributed by atoms with Crippen LogP contribution in [0, 0.1) is 0 Å². The van der Waals surface area contributed by atoms with E-state index < -0.39 is 0 Å². The van der Waals surface area contributed by atoms with Gasteiger partial charge in [0.25, 0.3) is 0 Å². The zero-order valence-electron chi connectivity index (χ0n) is 13.4. The van der Waals surface area contributed by atoms with E-state index in [1.54, 1.807) is 0 Å². The van der Waals surface area contributed by atoms with Crippen LogP contribution in [0.5, 0.6) is 0 Å². The van der Waals surface area contributed by atoms with E-state index in [0.29, 0.717) is 0 Å². The molecule has 1 aromatic heterocycles. The lowest BCUT2D eigenvalue weighted by Gasteiger charge is -2.29. The van der Waals surface area contributed by atoms with Gasteiger partial charge in [-0.25, -0.2) is 4.98 Å². The lowest BCUT2D eigenvalue weighted by Crippen LogP contribution is -2.38. The summed E-state index contributed by atoms with van der Waals surface area (Å²) in [4.78, 5) is 11.7. The number of nitrogens with zero attached hydrogens (tertiary/aromatic N) is 3. The normalized spacial score (nSPS) is 16.1. The smallest absolute Gasteiger partial charge is 0.227 e. The summed E-state index contributed by atoms with van der Waals surface area (Å²) in [6.07, 6.45) is 1.06. The maximum absolute atomic E-state index is 5.42. The molecule has 2 heterocycles. The Bertz CT molecular complexity index is 481. The molecule has 118 valence electrons. The van der Waals surface area contributed by atoms with Crippen molar-refractivity contribution >= 4 is 27.7 Å². The number of aromatic nitrogens is 2. The number of anilines is 2. The van der Waals surface area contributed by atoms with Crippen molar-refractivity contribution in [2.24, 2.45) is 0 Å². The van der Waals surface area contributed by atoms with Crippen LogP contribution in [-0.2, 0) is 10.2 Å². The van der Waals surface area contributed by atoms with Crippen molar-refractivity contribution in [3.63, 3.8) is 0 Å². The summed E-state index contributed by atoms with van der Waals surface area (Å²) < 4.78 is 6.39. The van der Waals surface area contributed by atoms with Crippen LogP contribution >= 0.6 is 15.9 Å². The van der Waals surface area contributed by atoms with Crippen molar-refractivity contribution < 1.29 is 4.74 Å². The topological polar surface area (TPSA) is 50.3 Å². The number of hydrogen-bond acceptors (Lipinski definition) is 5. The fourth-order valence-electron chi connectivity index (χ4n) is 2.20. The van der Waals surface area contributed by atoms with Gasteiger partial charge >= 0.3 is 0 Å². The van der Waals surface area contributed by atoms with Crippen molar-refractivity contribution in [2.45, 2.75) is 39.5 Å². The molecule has 0 aromatic carbocycles. The average Bonchev–Trinajstić information content (AvgIpc) is 2.46. The van der Waals surface area contributed by atoms with Crippen LogP contribution in [-0.4, -0.2) is 42.8 Å². The second kappa shape index (κ2) is 6.92. The minimum atomic E-state index is -0.0363. The Kier molecular flexibility index (Phi) is 5.43. The molecule has 1 aliphatic rings. The van der Waals surface area contributed by atoms with Gasteiger partial charge in [-0.1, -0.05) is 27.7 Å². The van der Waals surface area contributed by atoms with Crippen molar-refractivity contribution in [2.75, 3.05) is 43.1 Å². The number of ether oxygens (including phenoxy) is 1. The highest BCUT2D eigenvalue weighted by atomic mass is 79.9. The molecule has 1 fully saturated rings. The van der Waals surface area contributed by atoms with Crippen LogP contribution in [0.1, 0.15) is 39.8 Å². The molecule has 0 saturated carbocycles. The quantitative estimate of drug-likeness (QED) is 0.897. The first-order chi connectivity index (χ1) is 9.93. The van der Waals surface area contributed by atoms with Gasteiger partial charge in [-0.3, -0.25) is 0 Å². The first-order valence-electron chi connectivity index (χ1n) is 7.58. The lowest BCUT2D eigenvalue weighted by molar-refractivity contribution is 0.122. The predicted octanol–water partition coefficient (Wildman–Crippen LogP) is 3.20. The number of hydrogen-bond donors (Lipinski definition) is 1. The Hall–Kier alpha value is -0.880. The molecule has 1 saturated heterocycles. The van der Waals surface area contributed by atoms with E-state index in [4.69, 9.17) is 14.7 Å². The highest BCUT2D eigenvalue weighted by molar-refractivity contribution is 9.10. The van der Waals surface area contributed by atoms with Crippen molar-refractivity contribution in [3.05, 3.63) is 10.2 Å². The van der Waals surface area contributed by atoms with Crippen molar-refractivity contribution in [1.29, 1.82) is 0 Å². The standard InChI is InChI=1S/C15H25BrN4O/c1-5-6-17-13-11(16)12(15(2,3)4)18-14(19-13)20-7-9-21-10-8-20/h5-10H2,1-4H3,(H,17,18,19). The Labute approximate surface area is 135 Å². The SMILES string of the molecule is CCCNc1nc(N2CCOCC2)nc(C(C)(C)C)c1Br. The van der Waals surface area contributed by atoms with E-state index in [1.165, 1.54) is 0 Å². The van der Waals surface area contributed by atoms with E-state index in [-0.39, 0.29) is 5.41 Å². The molecule has 0 bridgehead atoms. The van der Waals surface area contributed by atoms with Gasteiger partial charge in [0.15, 0.2) is 0 Å². The highest BCUT2D eigenvalue weighted by Crippen LogP contribution is 2.34. The van der Waals surface area contributed by atoms with Gasteiger partial charge in [-0.2, -0.15) is 4.98 Å². The summed E-state index contributed by atoms with van der Waals surface area (Å²) in [6.45, 7) is 12.7. The van der Waals surface area contributed by atoms with Gasteiger partial charge in [0, 0.05) is 25.0 Å². The van der Waals surface area contributed by atoms with Gasteiger partial charge in [-0.15, -0.1) is 0 Å². The number of halogens is 1. The van der Waals surface area contributed by atoms with Crippen LogP contribution < -0.4 is 10.2 Å². The second-order valence-electron chi connectivity index (χ2n) is 6.31. The van der Waals surface area contributed by atoms with Crippen LogP contribution in [0.15, 0.2) is 4.47 Å². The molecule has 0 amide bonds. The molecule has 21 heavy (non-hydrogen) atoms. The van der Waals surface area contributed by atoms with E-state index in [0.717, 1.165) is 61.2 Å². The lowest BCUT2D eigenvalue weighted by atomic mass is 9.92. The summed E-state index contributed by atoms with van der Waals surface area (Å²) in [6, 6.07) is 0. The third kappa shape index (κ3) is 4.07. The number of morpholine rings is 1. The first-order valence-corrected chi connectivity index (χ1v) is 8.37. The molecule has 0 aliphatic carbocycles.